The van der Waals surface area contributed by atoms with Gasteiger partial charge in [-0.2, -0.15) is 23.0 Å². The fraction of sp³-hybridized carbons (Fsp3) is 0.273. The van der Waals surface area contributed by atoms with Gasteiger partial charge in [-0.3, -0.25) is 4.79 Å². The second-order valence-electron chi connectivity index (χ2n) is 7.62. The predicted octanol–water partition coefficient (Wildman–Crippen LogP) is 5.62. The highest BCUT2D eigenvalue weighted by molar-refractivity contribution is 5.93. The van der Waals surface area contributed by atoms with Crippen LogP contribution in [0.2, 0.25) is 0 Å². The van der Waals surface area contributed by atoms with Crippen molar-refractivity contribution in [3.8, 4) is 11.1 Å². The number of carbonyl (C=O) groups is 1. The zero-order valence-corrected chi connectivity index (χ0v) is 16.8. The molecule has 4 nitrogen and oxygen atoms in total. The topological polar surface area (TPSA) is 38.1 Å². The molecule has 2 aromatic carbocycles. The van der Waals surface area contributed by atoms with E-state index in [1.54, 1.807) is 25.8 Å². The van der Waals surface area contributed by atoms with Crippen molar-refractivity contribution >= 4 is 11.7 Å². The van der Waals surface area contributed by atoms with Gasteiger partial charge in [-0.1, -0.05) is 19.1 Å². The fourth-order valence-electron chi connectivity index (χ4n) is 4.18. The van der Waals surface area contributed by atoms with Crippen LogP contribution in [0.3, 0.4) is 0 Å². The van der Waals surface area contributed by atoms with E-state index in [4.69, 9.17) is 0 Å². The van der Waals surface area contributed by atoms with Crippen LogP contribution in [0.25, 0.3) is 11.1 Å². The van der Waals surface area contributed by atoms with E-state index in [-0.39, 0.29) is 11.5 Å². The average Bonchev–Trinajstić information content (AvgIpc) is 3.03. The first-order valence-electron chi connectivity index (χ1n) is 9.50. The van der Waals surface area contributed by atoms with Crippen molar-refractivity contribution in [3.05, 3.63) is 70.9 Å². The maximum absolute atomic E-state index is 14.6. The Hall–Kier alpha value is -3.23. The van der Waals surface area contributed by atoms with Gasteiger partial charge < -0.3 is 4.90 Å². The van der Waals surface area contributed by atoms with Gasteiger partial charge in [0.2, 0.25) is 0 Å². The summed E-state index contributed by atoms with van der Waals surface area (Å²) in [4.78, 5) is 14.7. The van der Waals surface area contributed by atoms with E-state index in [2.05, 4.69) is 5.10 Å². The van der Waals surface area contributed by atoms with Crippen LogP contribution in [0.5, 0.6) is 0 Å². The SMILES string of the molecule is Cc1nn2c(c1-c1ccc(F)cc1F)N(C)C(c1ccc(C(F)(F)F)cc1)C(C)C2=O. The van der Waals surface area contributed by atoms with E-state index in [9.17, 15) is 26.7 Å². The summed E-state index contributed by atoms with van der Waals surface area (Å²) in [6.07, 6.45) is -4.47. The Morgan fingerprint density at radius 1 is 1.03 bits per heavy atom. The van der Waals surface area contributed by atoms with Gasteiger partial charge in [-0.05, 0) is 36.8 Å². The van der Waals surface area contributed by atoms with E-state index in [0.717, 1.165) is 24.3 Å². The molecule has 2 unspecified atom stereocenters. The van der Waals surface area contributed by atoms with E-state index in [1.807, 2.05) is 0 Å². The first-order chi connectivity index (χ1) is 14.5. The van der Waals surface area contributed by atoms with Gasteiger partial charge in [0.15, 0.2) is 0 Å². The molecule has 2 heterocycles. The van der Waals surface area contributed by atoms with E-state index in [1.165, 1.54) is 22.9 Å². The van der Waals surface area contributed by atoms with Gasteiger partial charge >= 0.3 is 6.18 Å². The Bertz CT molecular complexity index is 1170. The molecule has 0 amide bonds. The summed E-state index contributed by atoms with van der Waals surface area (Å²) in [6.45, 7) is 3.28. The van der Waals surface area contributed by atoms with Crippen molar-refractivity contribution < 1.29 is 26.7 Å². The second kappa shape index (κ2) is 7.18. The molecule has 0 fully saturated rings. The molecule has 4 rings (SSSR count). The van der Waals surface area contributed by atoms with Crippen molar-refractivity contribution in [1.29, 1.82) is 0 Å². The molecule has 1 aliphatic heterocycles. The first-order valence-corrected chi connectivity index (χ1v) is 9.50. The van der Waals surface area contributed by atoms with Crippen molar-refractivity contribution in [2.24, 2.45) is 5.92 Å². The molecule has 0 aliphatic carbocycles. The Labute approximate surface area is 174 Å². The van der Waals surface area contributed by atoms with Crippen LogP contribution >= 0.6 is 0 Å². The number of aryl methyl sites for hydroxylation is 1. The molecule has 162 valence electrons. The van der Waals surface area contributed by atoms with Crippen LogP contribution in [0, 0.1) is 24.5 Å². The number of benzene rings is 2. The third kappa shape index (κ3) is 3.37. The zero-order chi connectivity index (χ0) is 22.7. The molecular weight excluding hydrogens is 417 g/mol. The lowest BCUT2D eigenvalue weighted by atomic mass is 9.89. The fourth-order valence-corrected chi connectivity index (χ4v) is 4.18. The minimum Gasteiger partial charge on any atom is -0.351 e. The maximum Gasteiger partial charge on any atom is 0.416 e. The average molecular weight is 435 g/mol. The number of anilines is 1. The number of rotatable bonds is 2. The summed E-state index contributed by atoms with van der Waals surface area (Å²) in [6, 6.07) is 7.16. The molecule has 0 radical (unpaired) electrons. The molecule has 1 aliphatic rings. The predicted molar refractivity (Wildman–Crippen MR) is 105 cm³/mol. The van der Waals surface area contributed by atoms with Crippen molar-refractivity contribution in [1.82, 2.24) is 9.78 Å². The molecule has 9 heteroatoms. The second-order valence-corrected chi connectivity index (χ2v) is 7.62. The number of hydrogen-bond donors (Lipinski definition) is 0. The van der Waals surface area contributed by atoms with Crippen LogP contribution in [-0.2, 0) is 6.18 Å². The molecular formula is C22H18F5N3O. The molecule has 0 N–H and O–H groups in total. The van der Waals surface area contributed by atoms with Gasteiger partial charge in [-0.25, -0.2) is 8.78 Å². The highest BCUT2D eigenvalue weighted by atomic mass is 19.4. The maximum atomic E-state index is 14.6. The van der Waals surface area contributed by atoms with Crippen molar-refractivity contribution in [2.45, 2.75) is 26.1 Å². The van der Waals surface area contributed by atoms with E-state index in [0.29, 0.717) is 22.6 Å². The third-order valence-corrected chi connectivity index (χ3v) is 5.64. The van der Waals surface area contributed by atoms with Crippen LogP contribution in [0.1, 0.15) is 34.6 Å². The standard InChI is InChI=1S/C22H18F5N3O/c1-11-19(13-4-6-14(7-5-13)22(25,26)27)29(3)20-18(12(2)28-30(20)21(11)31)16-9-8-15(23)10-17(16)24/h4-11,19H,1-3H3. The van der Waals surface area contributed by atoms with Gasteiger partial charge in [-0.15, -0.1) is 0 Å². The summed E-state index contributed by atoms with van der Waals surface area (Å²) < 4.78 is 68.0. The number of nitrogens with zero attached hydrogens (tertiary/aromatic N) is 3. The summed E-state index contributed by atoms with van der Waals surface area (Å²) >= 11 is 0. The Morgan fingerprint density at radius 3 is 2.26 bits per heavy atom. The highest BCUT2D eigenvalue weighted by Gasteiger charge is 2.41. The van der Waals surface area contributed by atoms with Crippen LogP contribution < -0.4 is 4.90 Å². The lowest BCUT2D eigenvalue weighted by molar-refractivity contribution is -0.137. The Balaban J connectivity index is 1.85. The number of hydrogen-bond acceptors (Lipinski definition) is 3. The molecule has 3 aromatic rings. The smallest absolute Gasteiger partial charge is 0.351 e. The normalized spacial score (nSPS) is 19.0. The number of aromatic nitrogens is 2. The lowest BCUT2D eigenvalue weighted by Crippen LogP contribution is -2.42. The minimum absolute atomic E-state index is 0.0838. The Kier molecular flexibility index (Phi) is 4.87. The van der Waals surface area contributed by atoms with E-state index < -0.39 is 35.3 Å². The molecule has 0 saturated carbocycles. The lowest BCUT2D eigenvalue weighted by Gasteiger charge is -2.39. The quantitative estimate of drug-likeness (QED) is 0.490. The summed E-state index contributed by atoms with van der Waals surface area (Å²) in [5.74, 6) is -2.23. The number of halogens is 5. The van der Waals surface area contributed by atoms with Gasteiger partial charge in [0.05, 0.1) is 28.8 Å². The monoisotopic (exact) mass is 435 g/mol. The summed E-state index contributed by atoms with van der Waals surface area (Å²) in [5, 5.41) is 4.26. The molecule has 31 heavy (non-hydrogen) atoms. The van der Waals surface area contributed by atoms with Crippen molar-refractivity contribution in [3.63, 3.8) is 0 Å². The van der Waals surface area contributed by atoms with Gasteiger partial charge in [0.1, 0.15) is 17.5 Å². The van der Waals surface area contributed by atoms with Crippen LogP contribution in [0.4, 0.5) is 27.8 Å². The largest absolute Gasteiger partial charge is 0.416 e. The third-order valence-electron chi connectivity index (χ3n) is 5.64. The molecule has 2 atom stereocenters. The summed E-state index contributed by atoms with van der Waals surface area (Å²) in [7, 11) is 1.67. The Morgan fingerprint density at radius 2 is 1.68 bits per heavy atom. The van der Waals surface area contributed by atoms with Gasteiger partial charge in [0, 0.05) is 18.7 Å². The molecule has 1 aromatic heterocycles. The zero-order valence-electron chi connectivity index (χ0n) is 16.8. The van der Waals surface area contributed by atoms with Gasteiger partial charge in [0.25, 0.3) is 5.91 Å². The number of carbonyl (C=O) groups excluding carboxylic acids is 1. The first kappa shape index (κ1) is 21.0. The molecule has 0 spiro atoms. The van der Waals surface area contributed by atoms with Crippen LogP contribution in [-0.4, -0.2) is 22.7 Å². The summed E-state index contributed by atoms with van der Waals surface area (Å²) in [5.41, 5.74) is 0.509. The number of alkyl halides is 3. The number of fused-ring (bicyclic) bond motifs is 1. The molecule has 0 bridgehead atoms. The highest BCUT2D eigenvalue weighted by Crippen LogP contribution is 2.44. The van der Waals surface area contributed by atoms with E-state index >= 15 is 0 Å². The minimum atomic E-state index is -4.47. The van der Waals surface area contributed by atoms with Crippen LogP contribution in [0.15, 0.2) is 42.5 Å². The molecule has 0 saturated heterocycles. The van der Waals surface area contributed by atoms with Crippen molar-refractivity contribution in [2.75, 3.05) is 11.9 Å².